The van der Waals surface area contributed by atoms with E-state index in [-0.39, 0.29) is 18.0 Å². The highest BCUT2D eigenvalue weighted by Gasteiger charge is 2.18. The molecule has 1 aromatic carbocycles. The summed E-state index contributed by atoms with van der Waals surface area (Å²) in [6, 6.07) is 4.84. The van der Waals surface area contributed by atoms with Crippen molar-refractivity contribution in [1.29, 1.82) is 0 Å². The van der Waals surface area contributed by atoms with Gasteiger partial charge in [0.2, 0.25) is 0 Å². The number of hydrogen-bond donors (Lipinski definition) is 1. The van der Waals surface area contributed by atoms with Gasteiger partial charge in [0.15, 0.2) is 5.75 Å². The summed E-state index contributed by atoms with van der Waals surface area (Å²) in [5, 5.41) is 19.1. The predicted molar refractivity (Wildman–Crippen MR) is 80.9 cm³/mol. The molecular weight excluding hydrogens is 292 g/mol. The molecule has 0 radical (unpaired) electrons. The van der Waals surface area contributed by atoms with Crippen LogP contribution in [0.2, 0.25) is 0 Å². The molecule has 0 saturated carbocycles. The number of aryl methyl sites for hydroxylation is 1. The minimum absolute atomic E-state index is 0.0405. The van der Waals surface area contributed by atoms with Crippen LogP contribution in [0.3, 0.4) is 0 Å². The number of para-hydroxylation sites is 1. The Morgan fingerprint density at radius 2 is 2.29 bits per heavy atom. The van der Waals surface area contributed by atoms with Crippen LogP contribution in [0.25, 0.3) is 0 Å². The van der Waals surface area contributed by atoms with Gasteiger partial charge >= 0.3 is 5.69 Å². The summed E-state index contributed by atoms with van der Waals surface area (Å²) >= 11 is 1.25. The third-order valence-electron chi connectivity index (χ3n) is 2.83. The van der Waals surface area contributed by atoms with Crippen LogP contribution in [0.4, 0.5) is 10.7 Å². The lowest BCUT2D eigenvalue weighted by Gasteiger charge is -2.09. The van der Waals surface area contributed by atoms with Gasteiger partial charge < -0.3 is 10.1 Å². The Morgan fingerprint density at radius 3 is 3.00 bits per heavy atom. The molecule has 8 heteroatoms. The molecule has 0 bridgehead atoms. The number of anilines is 1. The highest BCUT2D eigenvalue weighted by Crippen LogP contribution is 2.31. The van der Waals surface area contributed by atoms with E-state index in [1.165, 1.54) is 17.6 Å². The first-order chi connectivity index (χ1) is 10.1. The largest absolute Gasteiger partial charge is 0.480 e. The van der Waals surface area contributed by atoms with Crippen molar-refractivity contribution in [3.05, 3.63) is 39.6 Å². The molecule has 1 heterocycles. The van der Waals surface area contributed by atoms with Crippen LogP contribution in [0.5, 0.6) is 5.75 Å². The average molecular weight is 308 g/mol. The number of nitrogens with zero attached hydrogens (tertiary/aromatic N) is 3. The molecule has 0 spiro atoms. The molecule has 0 aliphatic carbocycles. The summed E-state index contributed by atoms with van der Waals surface area (Å²) in [5.41, 5.74) is 1.34. The molecule has 0 fully saturated rings. The fraction of sp³-hybridized carbons (Fsp3) is 0.385. The van der Waals surface area contributed by atoms with Crippen LogP contribution in [-0.2, 0) is 6.61 Å². The summed E-state index contributed by atoms with van der Waals surface area (Å²) in [7, 11) is 0. The van der Waals surface area contributed by atoms with Crippen LogP contribution in [0, 0.1) is 17.0 Å². The van der Waals surface area contributed by atoms with Crippen molar-refractivity contribution < 1.29 is 9.66 Å². The van der Waals surface area contributed by atoms with Gasteiger partial charge in [-0.2, -0.15) is 0 Å². The van der Waals surface area contributed by atoms with Crippen LogP contribution >= 0.6 is 11.5 Å². The summed E-state index contributed by atoms with van der Waals surface area (Å²) in [5.74, 6) is 0.275. The average Bonchev–Trinajstić information content (AvgIpc) is 2.90. The Morgan fingerprint density at radius 1 is 1.48 bits per heavy atom. The molecule has 0 atom stereocenters. The highest BCUT2D eigenvalue weighted by atomic mass is 32.1. The molecule has 7 nitrogen and oxygen atoms in total. The number of nitrogens with one attached hydrogen (secondary N) is 1. The Bertz CT molecular complexity index is 630. The number of nitro groups is 1. The molecular formula is C13H16N4O3S. The zero-order valence-corrected chi connectivity index (χ0v) is 12.6. The summed E-state index contributed by atoms with van der Waals surface area (Å²) in [6.45, 7) is 4.81. The van der Waals surface area contributed by atoms with Gasteiger partial charge in [-0.1, -0.05) is 23.5 Å². The molecule has 1 aromatic heterocycles. The first-order valence-electron chi connectivity index (χ1n) is 6.55. The minimum atomic E-state index is -0.447. The van der Waals surface area contributed by atoms with Gasteiger partial charge in [-0.25, -0.2) is 0 Å². The van der Waals surface area contributed by atoms with Crippen molar-refractivity contribution >= 4 is 22.2 Å². The Hall–Kier alpha value is -2.22. The molecule has 21 heavy (non-hydrogen) atoms. The summed E-state index contributed by atoms with van der Waals surface area (Å²) in [6.07, 6.45) is 0.988. The number of hydrogen-bond acceptors (Lipinski definition) is 7. The van der Waals surface area contributed by atoms with Gasteiger partial charge in [0.1, 0.15) is 17.3 Å². The molecule has 0 saturated heterocycles. The van der Waals surface area contributed by atoms with Crippen LogP contribution in [0.1, 0.15) is 24.6 Å². The van der Waals surface area contributed by atoms with Crippen molar-refractivity contribution in [3.63, 3.8) is 0 Å². The third-order valence-corrected chi connectivity index (χ3v) is 3.56. The Labute approximate surface area is 126 Å². The number of benzene rings is 1. The normalized spacial score (nSPS) is 10.4. The van der Waals surface area contributed by atoms with Crippen LogP contribution in [0.15, 0.2) is 18.2 Å². The molecule has 112 valence electrons. The van der Waals surface area contributed by atoms with Crippen molar-refractivity contribution in [2.75, 3.05) is 11.9 Å². The SMILES string of the molecule is CCCNc1snnc1COc1c(C)cccc1[N+](=O)[O-]. The maximum absolute atomic E-state index is 11.0. The molecule has 0 unspecified atom stereocenters. The van der Waals surface area contributed by atoms with E-state index in [2.05, 4.69) is 21.8 Å². The molecule has 0 amide bonds. The van der Waals surface area contributed by atoms with Crippen molar-refractivity contribution in [3.8, 4) is 5.75 Å². The standard InChI is InChI=1S/C13H16N4O3S/c1-3-7-14-13-10(15-16-21-13)8-20-12-9(2)5-4-6-11(12)17(18)19/h4-6,14H,3,7-8H2,1-2H3. The van der Waals surface area contributed by atoms with Crippen molar-refractivity contribution in [2.45, 2.75) is 26.9 Å². The van der Waals surface area contributed by atoms with Gasteiger partial charge in [0, 0.05) is 24.1 Å². The second-order valence-electron chi connectivity index (χ2n) is 4.44. The number of ether oxygens (including phenoxy) is 1. The van der Waals surface area contributed by atoms with E-state index < -0.39 is 4.92 Å². The number of aromatic nitrogens is 2. The molecule has 1 N–H and O–H groups in total. The highest BCUT2D eigenvalue weighted by molar-refractivity contribution is 7.10. The van der Waals surface area contributed by atoms with Gasteiger partial charge in [-0.3, -0.25) is 10.1 Å². The zero-order chi connectivity index (χ0) is 15.2. The van der Waals surface area contributed by atoms with E-state index in [1.54, 1.807) is 19.1 Å². The van der Waals surface area contributed by atoms with E-state index >= 15 is 0 Å². The first-order valence-corrected chi connectivity index (χ1v) is 7.32. The van der Waals surface area contributed by atoms with Crippen LogP contribution < -0.4 is 10.1 Å². The van der Waals surface area contributed by atoms with Gasteiger partial charge in [-0.05, 0) is 18.9 Å². The lowest BCUT2D eigenvalue weighted by Crippen LogP contribution is -2.05. The quantitative estimate of drug-likeness (QED) is 0.624. The first kappa shape index (κ1) is 15.2. The summed E-state index contributed by atoms with van der Waals surface area (Å²) in [4.78, 5) is 10.6. The van der Waals surface area contributed by atoms with Crippen molar-refractivity contribution in [2.24, 2.45) is 0 Å². The topological polar surface area (TPSA) is 90.2 Å². The van der Waals surface area contributed by atoms with E-state index in [1.807, 2.05) is 0 Å². The van der Waals surface area contributed by atoms with Crippen molar-refractivity contribution in [1.82, 2.24) is 9.59 Å². The van der Waals surface area contributed by atoms with E-state index in [9.17, 15) is 10.1 Å². The molecule has 0 aliphatic rings. The van der Waals surface area contributed by atoms with Gasteiger partial charge in [0.05, 0.1) is 4.92 Å². The minimum Gasteiger partial charge on any atom is -0.480 e. The molecule has 0 aliphatic heterocycles. The second kappa shape index (κ2) is 6.98. The Balaban J connectivity index is 2.13. The van der Waals surface area contributed by atoms with E-state index in [0.29, 0.717) is 5.69 Å². The zero-order valence-electron chi connectivity index (χ0n) is 11.8. The fourth-order valence-corrected chi connectivity index (χ4v) is 2.38. The fourth-order valence-electron chi connectivity index (χ4n) is 1.78. The van der Waals surface area contributed by atoms with E-state index in [4.69, 9.17) is 4.74 Å². The summed E-state index contributed by atoms with van der Waals surface area (Å²) < 4.78 is 9.50. The monoisotopic (exact) mass is 308 g/mol. The lowest BCUT2D eigenvalue weighted by molar-refractivity contribution is -0.386. The van der Waals surface area contributed by atoms with Gasteiger partial charge in [-0.15, -0.1) is 5.10 Å². The lowest BCUT2D eigenvalue weighted by atomic mass is 10.2. The third kappa shape index (κ3) is 3.66. The number of rotatable bonds is 7. The Kier molecular flexibility index (Phi) is 5.04. The smallest absolute Gasteiger partial charge is 0.311 e. The number of nitro benzene ring substituents is 1. The maximum Gasteiger partial charge on any atom is 0.311 e. The molecule has 2 rings (SSSR count). The second-order valence-corrected chi connectivity index (χ2v) is 5.20. The molecule has 2 aromatic rings. The maximum atomic E-state index is 11.0. The van der Waals surface area contributed by atoms with Gasteiger partial charge in [0.25, 0.3) is 0 Å². The van der Waals surface area contributed by atoms with Crippen LogP contribution in [-0.4, -0.2) is 21.1 Å². The predicted octanol–water partition coefficient (Wildman–Crippen LogP) is 3.16. The van der Waals surface area contributed by atoms with E-state index in [0.717, 1.165) is 23.5 Å².